The van der Waals surface area contributed by atoms with Crippen LogP contribution in [0.25, 0.3) is 0 Å². The summed E-state index contributed by atoms with van der Waals surface area (Å²) in [6.45, 7) is 0. The lowest BCUT2D eigenvalue weighted by atomic mass is 9.98. The summed E-state index contributed by atoms with van der Waals surface area (Å²) in [5.41, 5.74) is 1.27. The van der Waals surface area contributed by atoms with Crippen molar-refractivity contribution in [2.75, 3.05) is 7.05 Å². The molecule has 106 valence electrons. The minimum absolute atomic E-state index is 0.184. The van der Waals surface area contributed by atoms with Crippen molar-refractivity contribution in [2.45, 2.75) is 36.0 Å². The van der Waals surface area contributed by atoms with E-state index in [1.807, 2.05) is 30.5 Å². The Morgan fingerprint density at radius 2 is 2.20 bits per heavy atom. The van der Waals surface area contributed by atoms with Crippen LogP contribution >= 0.6 is 23.1 Å². The van der Waals surface area contributed by atoms with Gasteiger partial charge in [0.15, 0.2) is 0 Å². The lowest BCUT2D eigenvalue weighted by Gasteiger charge is -2.20. The summed E-state index contributed by atoms with van der Waals surface area (Å²) in [7, 11) is 2.02. The first-order chi connectivity index (χ1) is 9.76. The molecule has 1 N–H and O–H groups in total. The Morgan fingerprint density at radius 1 is 1.40 bits per heavy atom. The molecule has 1 aliphatic rings. The quantitative estimate of drug-likeness (QED) is 0.858. The molecule has 3 rings (SSSR count). The molecule has 1 heterocycles. The molecule has 0 bridgehead atoms. The van der Waals surface area contributed by atoms with Crippen LogP contribution in [0.3, 0.4) is 0 Å². The third-order valence-electron chi connectivity index (χ3n) is 3.52. The maximum atomic E-state index is 12.9. The summed E-state index contributed by atoms with van der Waals surface area (Å²) in [5.74, 6) is 0.677. The number of halogens is 1. The molecule has 0 saturated carbocycles. The fourth-order valence-corrected chi connectivity index (χ4v) is 4.63. The molecule has 1 aromatic heterocycles. The minimum Gasteiger partial charge on any atom is -0.312 e. The Balaban J connectivity index is 1.69. The monoisotopic (exact) mass is 308 g/mol. The number of aromatic nitrogens is 1. The standard InChI is InChI=1S/C15H17FN2S2/c1-17-12-3-2-4-13-15(12)20-14(18-13)9-19-11-7-5-10(16)6-8-11/h5-8,12,17H,2-4,9H2,1H3. The number of nitrogens with one attached hydrogen (secondary N) is 1. The van der Waals surface area contributed by atoms with Gasteiger partial charge in [-0.15, -0.1) is 23.1 Å². The molecular formula is C15H17FN2S2. The highest BCUT2D eigenvalue weighted by Gasteiger charge is 2.23. The number of rotatable bonds is 4. The van der Waals surface area contributed by atoms with Crippen molar-refractivity contribution in [3.63, 3.8) is 0 Å². The van der Waals surface area contributed by atoms with E-state index in [1.54, 1.807) is 11.8 Å². The van der Waals surface area contributed by atoms with Gasteiger partial charge in [0.2, 0.25) is 0 Å². The van der Waals surface area contributed by atoms with Gasteiger partial charge in [-0.25, -0.2) is 9.37 Å². The van der Waals surface area contributed by atoms with Crippen LogP contribution < -0.4 is 5.32 Å². The molecule has 1 unspecified atom stereocenters. The fourth-order valence-electron chi connectivity index (χ4n) is 2.48. The van der Waals surface area contributed by atoms with Crippen LogP contribution in [0.4, 0.5) is 4.39 Å². The van der Waals surface area contributed by atoms with Gasteiger partial charge in [-0.1, -0.05) is 0 Å². The summed E-state index contributed by atoms with van der Waals surface area (Å²) >= 11 is 3.54. The molecule has 0 radical (unpaired) electrons. The molecule has 2 nitrogen and oxygen atoms in total. The summed E-state index contributed by atoms with van der Waals surface area (Å²) in [5, 5.41) is 4.55. The van der Waals surface area contributed by atoms with Crippen LogP contribution in [0, 0.1) is 5.82 Å². The Bertz CT molecular complexity index is 580. The van der Waals surface area contributed by atoms with Crippen LogP contribution in [0.1, 0.15) is 34.5 Å². The molecule has 0 saturated heterocycles. The maximum absolute atomic E-state index is 12.9. The molecular weight excluding hydrogens is 291 g/mol. The van der Waals surface area contributed by atoms with E-state index in [2.05, 4.69) is 5.32 Å². The topological polar surface area (TPSA) is 24.9 Å². The van der Waals surface area contributed by atoms with Crippen molar-refractivity contribution in [2.24, 2.45) is 0 Å². The summed E-state index contributed by atoms with van der Waals surface area (Å²) in [6, 6.07) is 7.13. The number of thioether (sulfide) groups is 1. The van der Waals surface area contributed by atoms with Gasteiger partial charge in [-0.05, 0) is 50.6 Å². The summed E-state index contributed by atoms with van der Waals surface area (Å²) < 4.78 is 12.9. The van der Waals surface area contributed by atoms with E-state index in [1.165, 1.54) is 40.6 Å². The van der Waals surface area contributed by atoms with Gasteiger partial charge in [-0.2, -0.15) is 0 Å². The zero-order chi connectivity index (χ0) is 13.9. The average Bonchev–Trinajstić information content (AvgIpc) is 2.89. The predicted octanol–water partition coefficient (Wildman–Crippen LogP) is 4.17. The highest BCUT2D eigenvalue weighted by atomic mass is 32.2. The Morgan fingerprint density at radius 3 is 2.95 bits per heavy atom. The smallest absolute Gasteiger partial charge is 0.123 e. The number of thiazole rings is 1. The third kappa shape index (κ3) is 3.05. The van der Waals surface area contributed by atoms with Crippen molar-refractivity contribution in [3.8, 4) is 0 Å². The van der Waals surface area contributed by atoms with Gasteiger partial charge in [0.05, 0.1) is 11.4 Å². The zero-order valence-electron chi connectivity index (χ0n) is 11.4. The van der Waals surface area contributed by atoms with Crippen LogP contribution in [0.5, 0.6) is 0 Å². The van der Waals surface area contributed by atoms with E-state index >= 15 is 0 Å². The molecule has 1 aliphatic carbocycles. The summed E-state index contributed by atoms with van der Waals surface area (Å²) in [4.78, 5) is 7.26. The average molecular weight is 308 g/mol. The minimum atomic E-state index is -0.184. The van der Waals surface area contributed by atoms with E-state index in [-0.39, 0.29) is 5.82 Å². The summed E-state index contributed by atoms with van der Waals surface area (Å²) in [6.07, 6.45) is 3.52. The van der Waals surface area contributed by atoms with Crippen molar-refractivity contribution < 1.29 is 4.39 Å². The molecule has 0 amide bonds. The van der Waals surface area contributed by atoms with Crippen LogP contribution in [0.2, 0.25) is 0 Å². The first kappa shape index (κ1) is 14.0. The Hall–Kier alpha value is -0.910. The number of hydrogen-bond donors (Lipinski definition) is 1. The van der Waals surface area contributed by atoms with Gasteiger partial charge in [-0.3, -0.25) is 0 Å². The molecule has 0 fully saturated rings. The molecule has 0 spiro atoms. The molecule has 2 aromatic rings. The lowest BCUT2D eigenvalue weighted by Crippen LogP contribution is -2.19. The van der Waals surface area contributed by atoms with Gasteiger partial charge in [0.1, 0.15) is 10.8 Å². The molecule has 5 heteroatoms. The second-order valence-electron chi connectivity index (χ2n) is 4.89. The number of aryl methyl sites for hydroxylation is 1. The van der Waals surface area contributed by atoms with E-state index in [0.29, 0.717) is 6.04 Å². The second kappa shape index (κ2) is 6.24. The van der Waals surface area contributed by atoms with Gasteiger partial charge < -0.3 is 5.32 Å². The first-order valence-corrected chi connectivity index (χ1v) is 8.60. The van der Waals surface area contributed by atoms with E-state index in [0.717, 1.165) is 17.1 Å². The number of nitrogens with zero attached hydrogens (tertiary/aromatic N) is 1. The number of fused-ring (bicyclic) bond motifs is 1. The van der Waals surface area contributed by atoms with Crippen LogP contribution in [-0.2, 0) is 12.2 Å². The Kier molecular flexibility index (Phi) is 4.38. The molecule has 1 atom stereocenters. The number of benzene rings is 1. The van der Waals surface area contributed by atoms with E-state index in [4.69, 9.17) is 4.98 Å². The van der Waals surface area contributed by atoms with Crippen molar-refractivity contribution in [3.05, 3.63) is 45.7 Å². The molecule has 1 aromatic carbocycles. The van der Waals surface area contributed by atoms with Crippen molar-refractivity contribution in [1.29, 1.82) is 0 Å². The highest BCUT2D eigenvalue weighted by Crippen LogP contribution is 2.35. The molecule has 20 heavy (non-hydrogen) atoms. The maximum Gasteiger partial charge on any atom is 0.123 e. The van der Waals surface area contributed by atoms with E-state index in [9.17, 15) is 4.39 Å². The highest BCUT2D eigenvalue weighted by molar-refractivity contribution is 7.98. The van der Waals surface area contributed by atoms with Gasteiger partial charge in [0, 0.05) is 15.8 Å². The predicted molar refractivity (Wildman–Crippen MR) is 82.8 cm³/mol. The van der Waals surface area contributed by atoms with Crippen molar-refractivity contribution in [1.82, 2.24) is 10.3 Å². The van der Waals surface area contributed by atoms with Crippen LogP contribution in [-0.4, -0.2) is 12.0 Å². The third-order valence-corrected chi connectivity index (χ3v) is 5.94. The second-order valence-corrected chi connectivity index (χ2v) is 7.06. The zero-order valence-corrected chi connectivity index (χ0v) is 13.0. The fraction of sp³-hybridized carbons (Fsp3) is 0.400. The van der Waals surface area contributed by atoms with Crippen molar-refractivity contribution >= 4 is 23.1 Å². The first-order valence-electron chi connectivity index (χ1n) is 6.80. The van der Waals surface area contributed by atoms with E-state index < -0.39 is 0 Å². The largest absolute Gasteiger partial charge is 0.312 e. The van der Waals surface area contributed by atoms with Crippen LogP contribution in [0.15, 0.2) is 29.2 Å². The van der Waals surface area contributed by atoms with Gasteiger partial charge in [0.25, 0.3) is 0 Å². The van der Waals surface area contributed by atoms with Gasteiger partial charge >= 0.3 is 0 Å². The lowest BCUT2D eigenvalue weighted by molar-refractivity contribution is 0.501. The SMILES string of the molecule is CNC1CCCc2nc(CSc3ccc(F)cc3)sc21. The Labute approximate surface area is 126 Å². The normalized spacial score (nSPS) is 18.0. The molecule has 0 aliphatic heterocycles. The number of hydrogen-bond acceptors (Lipinski definition) is 4.